The highest BCUT2D eigenvalue weighted by Gasteiger charge is 2.20. The van der Waals surface area contributed by atoms with Gasteiger partial charge in [-0.1, -0.05) is 20.8 Å². The van der Waals surface area contributed by atoms with Crippen LogP contribution >= 0.6 is 0 Å². The lowest BCUT2D eigenvalue weighted by Gasteiger charge is -2.28. The Morgan fingerprint density at radius 1 is 1.20 bits per heavy atom. The number of anilines is 1. The SMILES string of the molecule is Cc1ncc(NC(C)C(C)(C)C)nc1C. The van der Waals surface area contributed by atoms with Gasteiger partial charge >= 0.3 is 0 Å². The first-order valence-electron chi connectivity index (χ1n) is 5.37. The first-order valence-corrected chi connectivity index (χ1v) is 5.37. The molecular weight excluding hydrogens is 186 g/mol. The molecule has 1 heterocycles. The summed E-state index contributed by atoms with van der Waals surface area (Å²) >= 11 is 0. The van der Waals surface area contributed by atoms with Crippen LogP contribution in [0.1, 0.15) is 39.1 Å². The maximum Gasteiger partial charge on any atom is 0.145 e. The van der Waals surface area contributed by atoms with E-state index < -0.39 is 0 Å². The molecule has 0 saturated heterocycles. The smallest absolute Gasteiger partial charge is 0.145 e. The molecule has 0 aromatic carbocycles. The van der Waals surface area contributed by atoms with Gasteiger partial charge in [0.1, 0.15) is 5.82 Å². The Hall–Kier alpha value is -1.12. The van der Waals surface area contributed by atoms with E-state index in [1.165, 1.54) is 0 Å². The summed E-state index contributed by atoms with van der Waals surface area (Å²) < 4.78 is 0. The van der Waals surface area contributed by atoms with Crippen LogP contribution in [0.5, 0.6) is 0 Å². The van der Waals surface area contributed by atoms with Gasteiger partial charge in [0.05, 0.1) is 17.6 Å². The molecule has 0 aliphatic heterocycles. The van der Waals surface area contributed by atoms with Gasteiger partial charge in [0.15, 0.2) is 0 Å². The molecule has 0 saturated carbocycles. The maximum absolute atomic E-state index is 4.45. The van der Waals surface area contributed by atoms with Gasteiger partial charge in [-0.05, 0) is 26.2 Å². The van der Waals surface area contributed by atoms with Gasteiger partial charge in [0, 0.05) is 6.04 Å². The molecule has 1 aromatic rings. The molecule has 0 aliphatic rings. The number of aryl methyl sites for hydroxylation is 2. The summed E-state index contributed by atoms with van der Waals surface area (Å²) in [5.74, 6) is 0.862. The number of aromatic nitrogens is 2. The van der Waals surface area contributed by atoms with Crippen LogP contribution in [0, 0.1) is 19.3 Å². The van der Waals surface area contributed by atoms with Gasteiger partial charge in [-0.2, -0.15) is 0 Å². The van der Waals surface area contributed by atoms with Crippen LogP contribution in [0.25, 0.3) is 0 Å². The van der Waals surface area contributed by atoms with Gasteiger partial charge in [-0.3, -0.25) is 4.98 Å². The van der Waals surface area contributed by atoms with Crippen molar-refractivity contribution in [2.75, 3.05) is 5.32 Å². The van der Waals surface area contributed by atoms with Gasteiger partial charge in [0.2, 0.25) is 0 Å². The summed E-state index contributed by atoms with van der Waals surface area (Å²) in [4.78, 5) is 8.74. The van der Waals surface area contributed by atoms with Crippen LogP contribution in [-0.4, -0.2) is 16.0 Å². The second-order valence-electron chi connectivity index (χ2n) is 5.16. The fourth-order valence-electron chi connectivity index (χ4n) is 1.05. The maximum atomic E-state index is 4.45. The van der Waals surface area contributed by atoms with Crippen molar-refractivity contribution in [2.45, 2.75) is 47.6 Å². The molecule has 0 aliphatic carbocycles. The Morgan fingerprint density at radius 3 is 2.27 bits per heavy atom. The number of hydrogen-bond acceptors (Lipinski definition) is 3. The summed E-state index contributed by atoms with van der Waals surface area (Å²) in [5.41, 5.74) is 2.20. The van der Waals surface area contributed by atoms with E-state index in [0.717, 1.165) is 17.2 Å². The van der Waals surface area contributed by atoms with E-state index >= 15 is 0 Å². The number of hydrogen-bond donors (Lipinski definition) is 1. The van der Waals surface area contributed by atoms with Gasteiger partial charge in [-0.15, -0.1) is 0 Å². The monoisotopic (exact) mass is 207 g/mol. The van der Waals surface area contributed by atoms with E-state index in [-0.39, 0.29) is 5.41 Å². The van der Waals surface area contributed by atoms with Crippen molar-refractivity contribution in [3.63, 3.8) is 0 Å². The molecule has 3 heteroatoms. The molecule has 3 nitrogen and oxygen atoms in total. The molecule has 0 amide bonds. The molecule has 1 rings (SSSR count). The Morgan fingerprint density at radius 2 is 1.80 bits per heavy atom. The summed E-state index contributed by atoms with van der Waals surface area (Å²) in [6.45, 7) is 12.7. The predicted molar refractivity (Wildman–Crippen MR) is 64.0 cm³/mol. The lowest BCUT2D eigenvalue weighted by atomic mass is 9.88. The van der Waals surface area contributed by atoms with Gasteiger partial charge in [0.25, 0.3) is 0 Å². The zero-order valence-corrected chi connectivity index (χ0v) is 10.5. The largest absolute Gasteiger partial charge is 0.366 e. The fourth-order valence-corrected chi connectivity index (χ4v) is 1.05. The average molecular weight is 207 g/mol. The molecule has 0 fully saturated rings. The van der Waals surface area contributed by atoms with Crippen molar-refractivity contribution in [1.29, 1.82) is 0 Å². The minimum atomic E-state index is 0.223. The predicted octanol–water partition coefficient (Wildman–Crippen LogP) is 2.94. The highest BCUT2D eigenvalue weighted by Crippen LogP contribution is 2.21. The van der Waals surface area contributed by atoms with E-state index in [9.17, 15) is 0 Å². The standard InChI is InChI=1S/C12H21N3/c1-8-9(2)14-11(7-13-8)15-10(3)12(4,5)6/h7,10H,1-6H3,(H,14,15). The van der Waals surface area contributed by atoms with E-state index in [1.54, 1.807) is 6.20 Å². The van der Waals surface area contributed by atoms with Gasteiger partial charge in [-0.25, -0.2) is 4.98 Å². The summed E-state index contributed by atoms with van der Waals surface area (Å²) in [6.07, 6.45) is 1.80. The Balaban J connectivity index is 2.78. The van der Waals surface area contributed by atoms with Crippen LogP contribution in [0.4, 0.5) is 5.82 Å². The van der Waals surface area contributed by atoms with Crippen molar-refractivity contribution in [3.05, 3.63) is 17.6 Å². The van der Waals surface area contributed by atoms with E-state index in [2.05, 4.69) is 43.0 Å². The van der Waals surface area contributed by atoms with Crippen molar-refractivity contribution in [2.24, 2.45) is 5.41 Å². The lowest BCUT2D eigenvalue weighted by molar-refractivity contribution is 0.358. The summed E-state index contributed by atoms with van der Waals surface area (Å²) in [5, 5.41) is 3.38. The van der Waals surface area contributed by atoms with E-state index in [4.69, 9.17) is 0 Å². The van der Waals surface area contributed by atoms with E-state index in [1.807, 2.05) is 13.8 Å². The first-order chi connectivity index (χ1) is 6.80. The molecular formula is C12H21N3. The summed E-state index contributed by atoms with van der Waals surface area (Å²) in [6, 6.07) is 0.369. The minimum Gasteiger partial charge on any atom is -0.366 e. The van der Waals surface area contributed by atoms with Crippen LogP contribution in [0.3, 0.4) is 0 Å². The first kappa shape index (κ1) is 12.0. The molecule has 1 atom stereocenters. The number of nitrogens with zero attached hydrogens (tertiary/aromatic N) is 2. The van der Waals surface area contributed by atoms with Crippen LogP contribution in [-0.2, 0) is 0 Å². The third-order valence-corrected chi connectivity index (χ3v) is 2.86. The molecule has 1 aromatic heterocycles. The van der Waals surface area contributed by atoms with Crippen LogP contribution in [0.15, 0.2) is 6.20 Å². The highest BCUT2D eigenvalue weighted by molar-refractivity contribution is 5.34. The second kappa shape index (κ2) is 4.17. The Labute approximate surface area is 92.3 Å². The minimum absolute atomic E-state index is 0.223. The second-order valence-corrected chi connectivity index (χ2v) is 5.16. The van der Waals surface area contributed by atoms with Gasteiger partial charge < -0.3 is 5.32 Å². The molecule has 1 unspecified atom stereocenters. The summed E-state index contributed by atoms with van der Waals surface area (Å²) in [7, 11) is 0. The van der Waals surface area contributed by atoms with Crippen molar-refractivity contribution in [3.8, 4) is 0 Å². The third kappa shape index (κ3) is 3.18. The van der Waals surface area contributed by atoms with E-state index in [0.29, 0.717) is 6.04 Å². The highest BCUT2D eigenvalue weighted by atomic mass is 15.0. The molecule has 0 bridgehead atoms. The molecule has 1 N–H and O–H groups in total. The fraction of sp³-hybridized carbons (Fsp3) is 0.667. The average Bonchev–Trinajstić information content (AvgIpc) is 2.10. The quantitative estimate of drug-likeness (QED) is 0.810. The molecule has 84 valence electrons. The Kier molecular flexibility index (Phi) is 3.32. The van der Waals surface area contributed by atoms with Crippen molar-refractivity contribution < 1.29 is 0 Å². The molecule has 0 radical (unpaired) electrons. The van der Waals surface area contributed by atoms with Crippen LogP contribution in [0.2, 0.25) is 0 Å². The normalized spacial score (nSPS) is 13.7. The lowest BCUT2D eigenvalue weighted by Crippen LogP contribution is -2.31. The third-order valence-electron chi connectivity index (χ3n) is 2.86. The number of nitrogens with one attached hydrogen (secondary N) is 1. The molecule has 15 heavy (non-hydrogen) atoms. The van der Waals surface area contributed by atoms with Crippen molar-refractivity contribution >= 4 is 5.82 Å². The Bertz CT molecular complexity index is 339. The zero-order chi connectivity index (χ0) is 11.6. The van der Waals surface area contributed by atoms with Crippen molar-refractivity contribution in [1.82, 2.24) is 9.97 Å². The topological polar surface area (TPSA) is 37.8 Å². The zero-order valence-electron chi connectivity index (χ0n) is 10.5. The number of rotatable bonds is 2. The van der Waals surface area contributed by atoms with Crippen LogP contribution < -0.4 is 5.32 Å². The molecule has 0 spiro atoms.